The monoisotopic (exact) mass is 416 g/mol. The Kier molecular flexibility index (Phi) is 8.16. The summed E-state index contributed by atoms with van der Waals surface area (Å²) in [6.45, 7) is 0.339. The molecule has 0 heterocycles. The molecule has 0 saturated heterocycles. The van der Waals surface area contributed by atoms with Crippen molar-refractivity contribution in [3.05, 3.63) is 120 Å². The molecule has 0 amide bonds. The van der Waals surface area contributed by atoms with Crippen molar-refractivity contribution in [1.82, 2.24) is 0 Å². The van der Waals surface area contributed by atoms with Crippen LogP contribution in [0.2, 0.25) is 0 Å². The predicted octanol–water partition coefficient (Wildman–Crippen LogP) is 4.87. The molecular formula is C27H28O4. The van der Waals surface area contributed by atoms with Gasteiger partial charge in [-0.15, -0.1) is 0 Å². The average Bonchev–Trinajstić information content (AvgIpc) is 2.83. The number of aliphatic hydroxyl groups is 1. The summed E-state index contributed by atoms with van der Waals surface area (Å²) in [6.07, 6.45) is 3.11. The van der Waals surface area contributed by atoms with E-state index in [2.05, 4.69) is 41.1 Å². The third-order valence-electron chi connectivity index (χ3n) is 5.17. The summed E-state index contributed by atoms with van der Waals surface area (Å²) in [7, 11) is 1.33. The van der Waals surface area contributed by atoms with E-state index in [-0.39, 0.29) is 0 Å². The van der Waals surface area contributed by atoms with Crippen LogP contribution in [0.1, 0.15) is 29.5 Å². The van der Waals surface area contributed by atoms with E-state index in [0.29, 0.717) is 19.4 Å². The van der Waals surface area contributed by atoms with Crippen molar-refractivity contribution < 1.29 is 19.4 Å². The summed E-state index contributed by atoms with van der Waals surface area (Å²) in [5.41, 5.74) is 2.26. The largest absolute Gasteiger partial charge is 0.466 e. The zero-order valence-corrected chi connectivity index (χ0v) is 17.7. The molecule has 3 aromatic rings. The number of methoxy groups -OCH3 is 1. The number of ether oxygens (including phenoxy) is 2. The van der Waals surface area contributed by atoms with Crippen LogP contribution in [0.4, 0.5) is 0 Å². The molecule has 0 aliphatic rings. The van der Waals surface area contributed by atoms with Gasteiger partial charge >= 0.3 is 5.97 Å². The molecule has 0 bridgehead atoms. The van der Waals surface area contributed by atoms with E-state index < -0.39 is 17.7 Å². The van der Waals surface area contributed by atoms with Gasteiger partial charge in [0.1, 0.15) is 5.60 Å². The van der Waals surface area contributed by atoms with Gasteiger partial charge in [-0.1, -0.05) is 97.1 Å². The number of carbonyl (C=O) groups excluding carboxylic acids is 1. The molecule has 1 N–H and O–H groups in total. The summed E-state index contributed by atoms with van der Waals surface area (Å²) < 4.78 is 11.2. The number of esters is 1. The van der Waals surface area contributed by atoms with E-state index in [4.69, 9.17) is 4.74 Å². The second kappa shape index (κ2) is 11.3. The van der Waals surface area contributed by atoms with Crippen LogP contribution in [0, 0.1) is 0 Å². The predicted molar refractivity (Wildman–Crippen MR) is 122 cm³/mol. The van der Waals surface area contributed by atoms with Crippen LogP contribution in [0.15, 0.2) is 103 Å². The molecule has 3 aromatic carbocycles. The van der Waals surface area contributed by atoms with Crippen LogP contribution >= 0.6 is 0 Å². The lowest BCUT2D eigenvalue weighted by Gasteiger charge is -2.36. The fourth-order valence-electron chi connectivity index (χ4n) is 3.62. The Hall–Kier alpha value is -3.21. The fourth-order valence-corrected chi connectivity index (χ4v) is 3.62. The summed E-state index contributed by atoms with van der Waals surface area (Å²) in [6, 6.07) is 30.4. The maximum absolute atomic E-state index is 11.2. The average molecular weight is 417 g/mol. The van der Waals surface area contributed by atoms with E-state index in [0.717, 1.165) is 16.7 Å². The normalized spacial score (nSPS) is 12.6. The molecule has 0 saturated carbocycles. The number of rotatable bonds is 10. The van der Waals surface area contributed by atoms with Crippen LogP contribution in [-0.2, 0) is 19.9 Å². The van der Waals surface area contributed by atoms with Gasteiger partial charge in [0.2, 0.25) is 0 Å². The quantitative estimate of drug-likeness (QED) is 0.291. The van der Waals surface area contributed by atoms with E-state index >= 15 is 0 Å². The van der Waals surface area contributed by atoms with E-state index in [1.165, 1.54) is 13.2 Å². The highest BCUT2D eigenvalue weighted by Crippen LogP contribution is 2.40. The Balaban J connectivity index is 1.88. The van der Waals surface area contributed by atoms with Gasteiger partial charge in [-0.25, -0.2) is 4.79 Å². The molecular weight excluding hydrogens is 388 g/mol. The Bertz CT molecular complexity index is 856. The summed E-state index contributed by atoms with van der Waals surface area (Å²) in [5.74, 6) is -0.431. The van der Waals surface area contributed by atoms with Crippen LogP contribution in [0.25, 0.3) is 0 Å². The molecule has 1 atom stereocenters. The first kappa shape index (κ1) is 22.5. The molecule has 160 valence electrons. The second-order valence-corrected chi connectivity index (χ2v) is 7.23. The molecule has 0 aliphatic heterocycles. The fraction of sp³-hybridized carbons (Fsp3) is 0.222. The van der Waals surface area contributed by atoms with Crippen molar-refractivity contribution >= 4 is 5.97 Å². The van der Waals surface area contributed by atoms with Crippen LogP contribution in [0.5, 0.6) is 0 Å². The van der Waals surface area contributed by atoms with Gasteiger partial charge in [-0.3, -0.25) is 0 Å². The Morgan fingerprint density at radius 2 is 1.32 bits per heavy atom. The van der Waals surface area contributed by atoms with Gasteiger partial charge in [0, 0.05) is 6.08 Å². The van der Waals surface area contributed by atoms with E-state index in [1.54, 1.807) is 6.08 Å². The van der Waals surface area contributed by atoms with Crippen LogP contribution in [-0.4, -0.2) is 30.9 Å². The molecule has 4 nitrogen and oxygen atoms in total. The first-order valence-electron chi connectivity index (χ1n) is 10.4. The highest BCUT2D eigenvalue weighted by molar-refractivity contribution is 5.81. The number of hydrogen-bond donors (Lipinski definition) is 1. The van der Waals surface area contributed by atoms with E-state index in [1.807, 2.05) is 54.6 Å². The molecule has 0 aliphatic carbocycles. The van der Waals surface area contributed by atoms with Crippen molar-refractivity contribution in [1.29, 1.82) is 0 Å². The molecule has 31 heavy (non-hydrogen) atoms. The third-order valence-corrected chi connectivity index (χ3v) is 5.17. The smallest absolute Gasteiger partial charge is 0.330 e. The molecule has 0 fully saturated rings. The van der Waals surface area contributed by atoms with Crippen LogP contribution in [0.3, 0.4) is 0 Å². The third kappa shape index (κ3) is 5.69. The molecule has 0 aromatic heterocycles. The summed E-state index contributed by atoms with van der Waals surface area (Å²) >= 11 is 0. The molecule has 0 spiro atoms. The van der Waals surface area contributed by atoms with Crippen molar-refractivity contribution in [3.63, 3.8) is 0 Å². The zero-order valence-electron chi connectivity index (χ0n) is 17.7. The second-order valence-electron chi connectivity index (χ2n) is 7.23. The summed E-state index contributed by atoms with van der Waals surface area (Å²) in [5, 5.41) is 10.4. The summed E-state index contributed by atoms with van der Waals surface area (Å²) in [4.78, 5) is 11.2. The van der Waals surface area contributed by atoms with Gasteiger partial charge < -0.3 is 14.6 Å². The van der Waals surface area contributed by atoms with Crippen molar-refractivity contribution in [3.8, 4) is 0 Å². The highest BCUT2D eigenvalue weighted by Gasteiger charge is 2.37. The lowest BCUT2D eigenvalue weighted by Crippen LogP contribution is -2.34. The minimum Gasteiger partial charge on any atom is -0.466 e. The van der Waals surface area contributed by atoms with Gasteiger partial charge in [0.05, 0.1) is 19.8 Å². The minimum atomic E-state index is -0.800. The molecule has 3 rings (SSSR count). The molecule has 4 heteroatoms. The van der Waals surface area contributed by atoms with E-state index in [9.17, 15) is 9.90 Å². The number of carbonyl (C=O) groups is 1. The van der Waals surface area contributed by atoms with Gasteiger partial charge in [0.15, 0.2) is 0 Å². The standard InChI is InChI=1S/C27H28O4/c1-30-26(29)19-11-18-25(28)20-21-31-27(22-12-5-2-6-13-22,23-14-7-3-8-15-23)24-16-9-4-10-17-24/h2-17,19,25,28H,18,20-21H2,1H3/t25-/m1/s1. The van der Waals surface area contributed by atoms with Crippen LogP contribution < -0.4 is 0 Å². The molecule has 0 radical (unpaired) electrons. The first-order valence-corrected chi connectivity index (χ1v) is 10.4. The highest BCUT2D eigenvalue weighted by atomic mass is 16.5. The number of aliphatic hydroxyl groups excluding tert-OH is 1. The van der Waals surface area contributed by atoms with Crippen molar-refractivity contribution in [2.24, 2.45) is 0 Å². The maximum atomic E-state index is 11.2. The van der Waals surface area contributed by atoms with Gasteiger partial charge in [-0.05, 0) is 29.5 Å². The van der Waals surface area contributed by atoms with Crippen molar-refractivity contribution in [2.45, 2.75) is 24.5 Å². The Labute approximate surface area is 183 Å². The Morgan fingerprint density at radius 1 is 0.871 bits per heavy atom. The number of benzene rings is 3. The van der Waals surface area contributed by atoms with Gasteiger partial charge in [-0.2, -0.15) is 0 Å². The topological polar surface area (TPSA) is 55.8 Å². The maximum Gasteiger partial charge on any atom is 0.330 e. The lowest BCUT2D eigenvalue weighted by atomic mass is 9.80. The SMILES string of the molecule is COC(=O)C=CC[C@@H](O)CCOC(c1ccccc1)(c1ccccc1)c1ccccc1. The minimum absolute atomic E-state index is 0.339. The zero-order chi connectivity index (χ0) is 21.9. The first-order chi connectivity index (χ1) is 15.2. The van der Waals surface area contributed by atoms with Gasteiger partial charge in [0.25, 0.3) is 0 Å². The Morgan fingerprint density at radius 3 is 1.74 bits per heavy atom. The van der Waals surface area contributed by atoms with Crippen molar-refractivity contribution in [2.75, 3.05) is 13.7 Å². The lowest BCUT2D eigenvalue weighted by molar-refractivity contribution is -0.134. The number of hydrogen-bond acceptors (Lipinski definition) is 4. The molecule has 0 unspecified atom stereocenters.